The van der Waals surface area contributed by atoms with Gasteiger partial charge in [0.1, 0.15) is 23.2 Å². The summed E-state index contributed by atoms with van der Waals surface area (Å²) < 4.78 is 6.21. The third kappa shape index (κ3) is 3.93. The third-order valence-electron chi connectivity index (χ3n) is 6.00. The highest BCUT2D eigenvalue weighted by Gasteiger charge is 2.47. The van der Waals surface area contributed by atoms with Crippen LogP contribution in [0.4, 0.5) is 0 Å². The van der Waals surface area contributed by atoms with Gasteiger partial charge in [0.15, 0.2) is 0 Å². The van der Waals surface area contributed by atoms with Crippen LogP contribution in [0.5, 0.6) is 0 Å². The molecule has 0 bridgehead atoms. The van der Waals surface area contributed by atoms with Crippen LogP contribution in [0.3, 0.4) is 0 Å². The SMILES string of the molecule is CC(C[P+](c1ccccc1)(c1ccccc1)c1ccccc1)C1CCCCO1. The third-order valence-corrected chi connectivity index (χ3v) is 10.7. The molecule has 1 heterocycles. The molecule has 1 aliphatic heterocycles. The van der Waals surface area contributed by atoms with Crippen molar-refractivity contribution in [2.45, 2.75) is 32.3 Å². The second-order valence-corrected chi connectivity index (χ2v) is 11.4. The maximum absolute atomic E-state index is 6.21. The Hall–Kier alpha value is -1.95. The zero-order chi connectivity index (χ0) is 19.2. The summed E-state index contributed by atoms with van der Waals surface area (Å²) in [5.74, 6) is 0.522. The number of hydrogen-bond acceptors (Lipinski definition) is 1. The van der Waals surface area contributed by atoms with E-state index in [1.807, 2.05) is 0 Å². The van der Waals surface area contributed by atoms with Gasteiger partial charge in [-0.1, -0.05) is 61.5 Å². The van der Waals surface area contributed by atoms with Crippen molar-refractivity contribution in [3.8, 4) is 0 Å². The van der Waals surface area contributed by atoms with Crippen LogP contribution in [0.25, 0.3) is 0 Å². The van der Waals surface area contributed by atoms with E-state index in [9.17, 15) is 0 Å². The molecule has 4 rings (SSSR count). The number of rotatable bonds is 6. The van der Waals surface area contributed by atoms with E-state index in [1.54, 1.807) is 0 Å². The summed E-state index contributed by atoms with van der Waals surface area (Å²) in [6.45, 7) is 3.32. The fourth-order valence-electron chi connectivity index (χ4n) is 4.57. The van der Waals surface area contributed by atoms with E-state index in [0.717, 1.165) is 12.8 Å². The number of hydrogen-bond donors (Lipinski definition) is 0. The van der Waals surface area contributed by atoms with Crippen LogP contribution in [-0.4, -0.2) is 18.9 Å². The van der Waals surface area contributed by atoms with Crippen molar-refractivity contribution in [2.75, 3.05) is 12.8 Å². The van der Waals surface area contributed by atoms with Crippen molar-refractivity contribution >= 4 is 23.2 Å². The van der Waals surface area contributed by atoms with Gasteiger partial charge in [0.25, 0.3) is 0 Å². The summed E-state index contributed by atoms with van der Waals surface area (Å²) in [5, 5.41) is 4.40. The minimum absolute atomic E-state index is 0.379. The van der Waals surface area contributed by atoms with Crippen molar-refractivity contribution in [1.82, 2.24) is 0 Å². The molecule has 0 amide bonds. The van der Waals surface area contributed by atoms with Gasteiger partial charge in [-0.2, -0.15) is 0 Å². The van der Waals surface area contributed by atoms with Gasteiger partial charge in [0.2, 0.25) is 0 Å². The Morgan fingerprint density at radius 2 is 1.21 bits per heavy atom. The molecule has 0 aromatic heterocycles. The van der Waals surface area contributed by atoms with Gasteiger partial charge in [-0.05, 0) is 55.7 Å². The Kier molecular flexibility index (Phi) is 6.25. The minimum atomic E-state index is -1.76. The van der Waals surface area contributed by atoms with Gasteiger partial charge in [0.05, 0.1) is 12.3 Å². The molecule has 0 spiro atoms. The van der Waals surface area contributed by atoms with Crippen LogP contribution in [-0.2, 0) is 4.74 Å². The van der Waals surface area contributed by atoms with E-state index < -0.39 is 7.26 Å². The highest BCUT2D eigenvalue weighted by molar-refractivity contribution is 7.95. The lowest BCUT2D eigenvalue weighted by atomic mass is 9.99. The van der Waals surface area contributed by atoms with E-state index in [4.69, 9.17) is 4.74 Å². The molecule has 3 aromatic rings. The van der Waals surface area contributed by atoms with E-state index in [-0.39, 0.29) is 0 Å². The molecule has 1 aliphatic rings. The van der Waals surface area contributed by atoms with Crippen molar-refractivity contribution in [3.05, 3.63) is 91.0 Å². The van der Waals surface area contributed by atoms with Crippen molar-refractivity contribution in [2.24, 2.45) is 5.92 Å². The van der Waals surface area contributed by atoms with E-state index in [2.05, 4.69) is 97.9 Å². The maximum atomic E-state index is 6.21. The molecule has 1 fully saturated rings. The van der Waals surface area contributed by atoms with Gasteiger partial charge >= 0.3 is 0 Å². The summed E-state index contributed by atoms with van der Waals surface area (Å²) >= 11 is 0. The zero-order valence-electron chi connectivity index (χ0n) is 16.7. The first-order chi connectivity index (χ1) is 13.8. The first kappa shape index (κ1) is 19.4. The Labute approximate surface area is 170 Å². The van der Waals surface area contributed by atoms with Crippen molar-refractivity contribution in [3.63, 3.8) is 0 Å². The van der Waals surface area contributed by atoms with Crippen LogP contribution < -0.4 is 15.9 Å². The smallest absolute Gasteiger partial charge is 0.112 e. The molecule has 2 heteroatoms. The van der Waals surface area contributed by atoms with Gasteiger partial charge < -0.3 is 4.74 Å². The lowest BCUT2D eigenvalue weighted by molar-refractivity contribution is -0.0106. The molecule has 144 valence electrons. The highest BCUT2D eigenvalue weighted by atomic mass is 31.2. The topological polar surface area (TPSA) is 9.23 Å². The number of benzene rings is 3. The molecule has 2 atom stereocenters. The first-order valence-electron chi connectivity index (χ1n) is 10.5. The first-order valence-corrected chi connectivity index (χ1v) is 12.4. The fourth-order valence-corrected chi connectivity index (χ4v) is 9.24. The summed E-state index contributed by atoms with van der Waals surface area (Å²) in [4.78, 5) is 0. The Bertz CT molecular complexity index is 745. The largest absolute Gasteiger partial charge is 0.378 e. The average molecular weight is 389 g/mol. The van der Waals surface area contributed by atoms with Gasteiger partial charge in [0, 0.05) is 12.5 Å². The predicted octanol–water partition coefficient (Wildman–Crippen LogP) is 5.19. The van der Waals surface area contributed by atoms with Crippen LogP contribution in [0.2, 0.25) is 0 Å². The monoisotopic (exact) mass is 389 g/mol. The molecule has 0 N–H and O–H groups in total. The van der Waals surface area contributed by atoms with E-state index in [1.165, 1.54) is 35.2 Å². The quantitative estimate of drug-likeness (QED) is 0.528. The summed E-state index contributed by atoms with van der Waals surface area (Å²) in [5.41, 5.74) is 0. The van der Waals surface area contributed by atoms with Crippen LogP contribution in [0.15, 0.2) is 91.0 Å². The van der Waals surface area contributed by atoms with Gasteiger partial charge in [-0.15, -0.1) is 0 Å². The van der Waals surface area contributed by atoms with E-state index in [0.29, 0.717) is 12.0 Å². The van der Waals surface area contributed by atoms with Crippen molar-refractivity contribution in [1.29, 1.82) is 0 Å². The molecule has 3 aromatic carbocycles. The second-order valence-electron chi connectivity index (χ2n) is 7.88. The highest BCUT2D eigenvalue weighted by Crippen LogP contribution is 2.57. The lowest BCUT2D eigenvalue weighted by Crippen LogP contribution is -2.38. The molecular weight excluding hydrogens is 359 g/mol. The van der Waals surface area contributed by atoms with Crippen molar-refractivity contribution < 1.29 is 4.74 Å². The standard InChI is InChI=1S/C26H30OP/c1-22(26-19-11-12-20-27-26)21-28(23-13-5-2-6-14-23,24-15-7-3-8-16-24)25-17-9-4-10-18-25/h2-10,13-18,22,26H,11-12,19-21H2,1H3/q+1. The lowest BCUT2D eigenvalue weighted by Gasteiger charge is -2.34. The Morgan fingerprint density at radius 1 is 0.750 bits per heavy atom. The van der Waals surface area contributed by atoms with Crippen LogP contribution in [0.1, 0.15) is 26.2 Å². The molecule has 0 saturated carbocycles. The van der Waals surface area contributed by atoms with E-state index >= 15 is 0 Å². The average Bonchev–Trinajstić information content (AvgIpc) is 2.80. The van der Waals surface area contributed by atoms with Crippen LogP contribution in [0, 0.1) is 5.92 Å². The minimum Gasteiger partial charge on any atom is -0.378 e. The molecule has 0 radical (unpaired) electrons. The molecule has 0 aliphatic carbocycles. The maximum Gasteiger partial charge on any atom is 0.112 e. The zero-order valence-corrected chi connectivity index (χ0v) is 17.6. The fraction of sp³-hybridized carbons (Fsp3) is 0.308. The Morgan fingerprint density at radius 3 is 1.61 bits per heavy atom. The summed E-state index contributed by atoms with van der Waals surface area (Å²) in [6.07, 6.45) is 5.22. The van der Waals surface area contributed by atoms with Gasteiger partial charge in [-0.3, -0.25) is 0 Å². The van der Waals surface area contributed by atoms with Gasteiger partial charge in [-0.25, -0.2) is 0 Å². The summed E-state index contributed by atoms with van der Waals surface area (Å²) in [6, 6.07) is 33.5. The predicted molar refractivity (Wildman–Crippen MR) is 123 cm³/mol. The Balaban J connectivity index is 1.85. The molecular formula is C26H30OP+. The molecule has 1 nitrogen and oxygen atoms in total. The second kappa shape index (κ2) is 9.03. The molecule has 1 saturated heterocycles. The normalized spacial score (nSPS) is 18.5. The molecule has 28 heavy (non-hydrogen) atoms. The molecule has 2 unspecified atom stereocenters. The van der Waals surface area contributed by atoms with Crippen LogP contribution >= 0.6 is 7.26 Å². The number of ether oxygens (including phenoxy) is 1. The summed E-state index contributed by atoms with van der Waals surface area (Å²) in [7, 11) is -1.76.